The van der Waals surface area contributed by atoms with Crippen LogP contribution in [0.3, 0.4) is 0 Å². The molecule has 2 rings (SSSR count). The van der Waals surface area contributed by atoms with E-state index in [1.165, 1.54) is 6.42 Å². The third kappa shape index (κ3) is 0.886. The number of amides is 1. The van der Waals surface area contributed by atoms with Crippen molar-refractivity contribution in [2.45, 2.75) is 30.6 Å². The van der Waals surface area contributed by atoms with Gasteiger partial charge in [-0.25, -0.2) is 0 Å². The van der Waals surface area contributed by atoms with Crippen molar-refractivity contribution in [3.8, 4) is 0 Å². The number of nitrogens with two attached hydrogens (primary N) is 1. The molecule has 3 heteroatoms. The summed E-state index contributed by atoms with van der Waals surface area (Å²) in [6.07, 6.45) is 4.27. The topological polar surface area (TPSA) is 43.1 Å². The molecule has 0 aliphatic heterocycles. The van der Waals surface area contributed by atoms with Gasteiger partial charge in [0, 0.05) is 0 Å². The number of hydrogen-bond donors (Lipinski definition) is 1. The molecule has 2 aliphatic rings. The summed E-state index contributed by atoms with van der Waals surface area (Å²) in [7, 11) is 0. The first-order chi connectivity index (χ1) is 5.13. The van der Waals surface area contributed by atoms with Gasteiger partial charge in [-0.2, -0.15) is 0 Å². The molecule has 11 heavy (non-hydrogen) atoms. The van der Waals surface area contributed by atoms with Gasteiger partial charge < -0.3 is 5.73 Å². The normalized spacial score (nSPS) is 48.1. The molecule has 2 aliphatic carbocycles. The average Bonchev–Trinajstić information content (AvgIpc) is 2.45. The zero-order valence-corrected chi connectivity index (χ0v) is 7.10. The predicted octanol–water partition coefficient (Wildman–Crippen LogP) is 1.27. The fourth-order valence-corrected chi connectivity index (χ4v) is 2.98. The maximum atomic E-state index is 11.0. The summed E-state index contributed by atoms with van der Waals surface area (Å²) in [6.45, 7) is 0. The molecule has 2 saturated carbocycles. The first-order valence-corrected chi connectivity index (χ1v) is 4.49. The van der Waals surface area contributed by atoms with Crippen LogP contribution in [0.15, 0.2) is 0 Å². The van der Waals surface area contributed by atoms with Gasteiger partial charge in [0.05, 0.1) is 0 Å². The van der Waals surface area contributed by atoms with Crippen LogP contribution in [0.25, 0.3) is 0 Å². The van der Waals surface area contributed by atoms with E-state index in [0.29, 0.717) is 11.8 Å². The highest BCUT2D eigenvalue weighted by Gasteiger charge is 2.53. The van der Waals surface area contributed by atoms with Crippen molar-refractivity contribution in [1.82, 2.24) is 0 Å². The highest BCUT2D eigenvalue weighted by Crippen LogP contribution is 2.53. The molecule has 3 atom stereocenters. The molecule has 62 valence electrons. The van der Waals surface area contributed by atoms with Gasteiger partial charge in [0.15, 0.2) is 0 Å². The van der Waals surface area contributed by atoms with Crippen molar-refractivity contribution < 1.29 is 4.79 Å². The number of hydrogen-bond acceptors (Lipinski definition) is 1. The third-order valence-electron chi connectivity index (χ3n) is 3.18. The van der Waals surface area contributed by atoms with Gasteiger partial charge >= 0.3 is 0 Å². The van der Waals surface area contributed by atoms with Crippen LogP contribution in [0.1, 0.15) is 25.7 Å². The summed E-state index contributed by atoms with van der Waals surface area (Å²) >= 11 is 6.13. The van der Waals surface area contributed by atoms with Crippen molar-refractivity contribution in [1.29, 1.82) is 0 Å². The van der Waals surface area contributed by atoms with Crippen LogP contribution in [-0.4, -0.2) is 10.8 Å². The molecule has 0 unspecified atom stereocenters. The van der Waals surface area contributed by atoms with E-state index in [2.05, 4.69) is 0 Å². The minimum Gasteiger partial charge on any atom is -0.368 e. The van der Waals surface area contributed by atoms with Gasteiger partial charge in [-0.1, -0.05) is 6.42 Å². The fraction of sp³-hybridized carbons (Fsp3) is 0.875. The number of carbonyl (C=O) groups excluding carboxylic acids is 1. The molecule has 0 radical (unpaired) electrons. The van der Waals surface area contributed by atoms with E-state index >= 15 is 0 Å². The van der Waals surface area contributed by atoms with Gasteiger partial charge in [-0.3, -0.25) is 4.79 Å². The number of alkyl halides is 1. The largest absolute Gasteiger partial charge is 0.368 e. The number of rotatable bonds is 1. The van der Waals surface area contributed by atoms with E-state index in [4.69, 9.17) is 17.3 Å². The number of halogens is 1. The monoisotopic (exact) mass is 173 g/mol. The first kappa shape index (κ1) is 7.41. The molecule has 0 saturated heterocycles. The van der Waals surface area contributed by atoms with Crippen LogP contribution < -0.4 is 5.73 Å². The molecule has 0 heterocycles. The van der Waals surface area contributed by atoms with E-state index in [-0.39, 0.29) is 5.91 Å². The van der Waals surface area contributed by atoms with Crippen molar-refractivity contribution in [3.05, 3.63) is 0 Å². The van der Waals surface area contributed by atoms with E-state index in [0.717, 1.165) is 19.3 Å². The molecular formula is C8H12ClNO. The molecule has 0 spiro atoms. The smallest absolute Gasteiger partial charge is 0.238 e. The Hall–Kier alpha value is -0.240. The Balaban J connectivity index is 2.23. The van der Waals surface area contributed by atoms with Gasteiger partial charge in [-0.05, 0) is 31.1 Å². The van der Waals surface area contributed by atoms with Crippen molar-refractivity contribution in [3.63, 3.8) is 0 Å². The average molecular weight is 174 g/mol. The number of carbonyl (C=O) groups is 1. The van der Waals surface area contributed by atoms with Crippen LogP contribution in [0.5, 0.6) is 0 Å². The summed E-state index contributed by atoms with van der Waals surface area (Å²) in [5.41, 5.74) is 5.25. The second-order valence-electron chi connectivity index (χ2n) is 3.81. The Labute approximate surface area is 71.1 Å². The molecule has 2 N–H and O–H groups in total. The molecule has 2 nitrogen and oxygen atoms in total. The summed E-state index contributed by atoms with van der Waals surface area (Å²) in [5, 5.41) is 0. The number of fused-ring (bicyclic) bond motifs is 2. The zero-order valence-electron chi connectivity index (χ0n) is 6.35. The molecule has 0 aromatic carbocycles. The standard InChI is InChI=1S/C8H12ClNO/c9-8(7(10)11)4-5-1-2-6(8)3-5/h5-6H,1-4H2,(H2,10,11)/t5-,6+,8-/m0/s1. The summed E-state index contributed by atoms with van der Waals surface area (Å²) in [5.74, 6) is 0.725. The van der Waals surface area contributed by atoms with Crippen LogP contribution in [0.4, 0.5) is 0 Å². The predicted molar refractivity (Wildman–Crippen MR) is 43.2 cm³/mol. The second-order valence-corrected chi connectivity index (χ2v) is 4.48. The van der Waals surface area contributed by atoms with E-state index in [1.807, 2.05) is 0 Å². The van der Waals surface area contributed by atoms with Crippen LogP contribution in [0, 0.1) is 11.8 Å². The van der Waals surface area contributed by atoms with E-state index < -0.39 is 4.87 Å². The lowest BCUT2D eigenvalue weighted by Crippen LogP contribution is -2.42. The Kier molecular flexibility index (Phi) is 1.43. The Morgan fingerprint density at radius 3 is 2.55 bits per heavy atom. The van der Waals surface area contributed by atoms with Crippen LogP contribution in [-0.2, 0) is 4.79 Å². The SMILES string of the molecule is NC(=O)[C@]1(Cl)C[C@H]2CC[C@@H]1C2. The molecule has 2 fully saturated rings. The Morgan fingerprint density at radius 2 is 2.27 bits per heavy atom. The maximum absolute atomic E-state index is 11.0. The summed E-state index contributed by atoms with van der Waals surface area (Å²) in [6, 6.07) is 0. The van der Waals surface area contributed by atoms with Crippen molar-refractivity contribution >= 4 is 17.5 Å². The van der Waals surface area contributed by atoms with Gasteiger partial charge in [-0.15, -0.1) is 11.6 Å². The van der Waals surface area contributed by atoms with E-state index in [1.54, 1.807) is 0 Å². The lowest BCUT2D eigenvalue weighted by Gasteiger charge is -2.27. The highest BCUT2D eigenvalue weighted by atomic mass is 35.5. The first-order valence-electron chi connectivity index (χ1n) is 4.12. The second kappa shape index (κ2) is 2.13. The van der Waals surface area contributed by atoms with Gasteiger partial charge in [0.1, 0.15) is 4.87 Å². The minimum absolute atomic E-state index is 0.314. The van der Waals surface area contributed by atoms with Gasteiger partial charge in [0.2, 0.25) is 5.91 Å². The maximum Gasteiger partial charge on any atom is 0.238 e. The van der Waals surface area contributed by atoms with Crippen molar-refractivity contribution in [2.75, 3.05) is 0 Å². The molecular weight excluding hydrogens is 162 g/mol. The van der Waals surface area contributed by atoms with Crippen LogP contribution in [0.2, 0.25) is 0 Å². The lowest BCUT2D eigenvalue weighted by molar-refractivity contribution is -0.121. The summed E-state index contributed by atoms with van der Waals surface area (Å²) in [4.78, 5) is 10.3. The third-order valence-corrected chi connectivity index (χ3v) is 3.83. The fourth-order valence-electron chi connectivity index (χ4n) is 2.56. The molecule has 2 bridgehead atoms. The molecule has 1 amide bonds. The van der Waals surface area contributed by atoms with Gasteiger partial charge in [0.25, 0.3) is 0 Å². The Morgan fingerprint density at radius 1 is 1.55 bits per heavy atom. The summed E-state index contributed by atoms with van der Waals surface area (Å²) < 4.78 is 0. The lowest BCUT2D eigenvalue weighted by atomic mass is 9.87. The van der Waals surface area contributed by atoms with Crippen LogP contribution >= 0.6 is 11.6 Å². The molecule has 0 aromatic rings. The quantitative estimate of drug-likeness (QED) is 0.597. The molecule has 0 aromatic heterocycles. The van der Waals surface area contributed by atoms with E-state index in [9.17, 15) is 4.79 Å². The Bertz CT molecular complexity index is 206. The van der Waals surface area contributed by atoms with Crippen molar-refractivity contribution in [2.24, 2.45) is 17.6 Å². The zero-order chi connectivity index (χ0) is 8.06. The minimum atomic E-state index is -0.678. The number of primary amides is 1. The highest BCUT2D eigenvalue weighted by molar-refractivity contribution is 6.35.